The van der Waals surface area contributed by atoms with Crippen LogP contribution >= 0.6 is 0 Å². The van der Waals surface area contributed by atoms with Crippen LogP contribution in [0.2, 0.25) is 0 Å². The van der Waals surface area contributed by atoms with Gasteiger partial charge in [0.15, 0.2) is 11.4 Å². The molecule has 246 valence electrons. The van der Waals surface area contributed by atoms with Gasteiger partial charge in [0, 0.05) is 19.0 Å². The molecule has 47 heavy (non-hydrogen) atoms. The van der Waals surface area contributed by atoms with Gasteiger partial charge in [0.1, 0.15) is 5.82 Å². The van der Waals surface area contributed by atoms with Crippen LogP contribution in [0.3, 0.4) is 0 Å². The second-order valence-electron chi connectivity index (χ2n) is 14.1. The molecule has 0 spiro atoms. The number of ketones is 1. The third-order valence-electron chi connectivity index (χ3n) is 10.9. The lowest BCUT2D eigenvalue weighted by molar-refractivity contribution is -0.126. The summed E-state index contributed by atoms with van der Waals surface area (Å²) in [5.74, 6) is -0.0901. The highest BCUT2D eigenvalue weighted by atomic mass is 19.1. The van der Waals surface area contributed by atoms with Crippen molar-refractivity contribution in [3.63, 3.8) is 0 Å². The van der Waals surface area contributed by atoms with E-state index in [2.05, 4.69) is 34.1 Å². The Morgan fingerprint density at radius 3 is 2.34 bits per heavy atom. The average Bonchev–Trinajstić information content (AvgIpc) is 3.90. The summed E-state index contributed by atoms with van der Waals surface area (Å²) in [6.07, 6.45) is 9.97. The van der Waals surface area contributed by atoms with E-state index in [-0.39, 0.29) is 28.5 Å². The molecule has 2 aromatic heterocycles. The zero-order valence-corrected chi connectivity index (χ0v) is 27.5. The molecule has 1 aliphatic heterocycles. The molecule has 1 saturated heterocycles. The van der Waals surface area contributed by atoms with Gasteiger partial charge in [-0.25, -0.2) is 18.7 Å². The number of likely N-dealkylation sites (N-methyl/N-ethyl adjacent to an activating group) is 1. The van der Waals surface area contributed by atoms with E-state index in [1.54, 1.807) is 0 Å². The normalized spacial score (nSPS) is 21.3. The monoisotopic (exact) mass is 637 g/mol. The highest BCUT2D eigenvalue weighted by molar-refractivity contribution is 5.91. The minimum atomic E-state index is -0.623. The number of rotatable bonds is 9. The second kappa shape index (κ2) is 12.9. The van der Waals surface area contributed by atoms with Crippen molar-refractivity contribution in [2.45, 2.75) is 82.3 Å². The van der Waals surface area contributed by atoms with E-state index < -0.39 is 17.1 Å². The molecule has 9 heteroatoms. The van der Waals surface area contributed by atoms with Gasteiger partial charge in [-0.15, -0.1) is 0 Å². The molecule has 7 rings (SSSR count). The van der Waals surface area contributed by atoms with Crippen molar-refractivity contribution < 1.29 is 9.18 Å². The standard InChI is InChI=1S/C38H44FN5O3/c1-41(2)38(17-18-38)34(45)21-26-11-15-31(16-12-26)44-36(46)33-23-30(39)24-40-35(33)43(37(44)47)32-8-6-7-29(22-32)28-13-9-27(10-14-28)25-42-19-4-3-5-20-42/h6-10,13-14,22-24,26,31H,3-5,11-12,15-21,25H2,1-2H3. The number of fused-ring (bicyclic) bond motifs is 1. The van der Waals surface area contributed by atoms with E-state index in [4.69, 9.17) is 0 Å². The van der Waals surface area contributed by atoms with Crippen molar-refractivity contribution in [2.24, 2.45) is 5.92 Å². The molecular weight excluding hydrogens is 593 g/mol. The van der Waals surface area contributed by atoms with Crippen LogP contribution in [0.1, 0.15) is 75.8 Å². The first-order chi connectivity index (χ1) is 22.7. The van der Waals surface area contributed by atoms with Crippen LogP contribution in [0, 0.1) is 11.7 Å². The van der Waals surface area contributed by atoms with Gasteiger partial charge in [0.05, 0.1) is 22.8 Å². The Balaban J connectivity index is 1.17. The van der Waals surface area contributed by atoms with Crippen LogP contribution in [-0.2, 0) is 11.3 Å². The van der Waals surface area contributed by atoms with Crippen molar-refractivity contribution >= 4 is 16.8 Å². The first-order valence-corrected chi connectivity index (χ1v) is 17.2. The molecular formula is C38H44FN5O3. The number of likely N-dealkylation sites (tertiary alicyclic amines) is 1. The zero-order valence-electron chi connectivity index (χ0n) is 27.5. The highest BCUT2D eigenvalue weighted by Crippen LogP contribution is 2.44. The minimum Gasteiger partial charge on any atom is -0.299 e. The van der Waals surface area contributed by atoms with Crippen molar-refractivity contribution in [1.29, 1.82) is 0 Å². The third kappa shape index (κ3) is 6.23. The molecule has 8 nitrogen and oxygen atoms in total. The smallest absolute Gasteiger partial charge is 0.299 e. The van der Waals surface area contributed by atoms with Crippen LogP contribution < -0.4 is 11.2 Å². The fourth-order valence-electron chi connectivity index (χ4n) is 7.89. The SMILES string of the molecule is CN(C)C1(C(=O)CC2CCC(n3c(=O)c4cc(F)cnc4n(-c4cccc(-c5ccc(CN6CCCCC6)cc5)c4)c3=O)CC2)CC1. The predicted molar refractivity (Wildman–Crippen MR) is 182 cm³/mol. The number of hydrogen-bond acceptors (Lipinski definition) is 6. The number of aromatic nitrogens is 3. The summed E-state index contributed by atoms with van der Waals surface area (Å²) in [4.78, 5) is 50.0. The lowest BCUT2D eigenvalue weighted by Crippen LogP contribution is -2.43. The summed E-state index contributed by atoms with van der Waals surface area (Å²) < 4.78 is 17.2. The topological polar surface area (TPSA) is 80.4 Å². The first-order valence-electron chi connectivity index (χ1n) is 17.2. The molecule has 2 saturated carbocycles. The third-order valence-corrected chi connectivity index (χ3v) is 10.9. The van der Waals surface area contributed by atoms with Gasteiger partial charge in [-0.2, -0.15) is 0 Å². The van der Waals surface area contributed by atoms with E-state index in [1.807, 2.05) is 43.3 Å². The Bertz CT molecular complexity index is 1900. The zero-order chi connectivity index (χ0) is 32.7. The Hall–Kier alpha value is -3.95. The highest BCUT2D eigenvalue weighted by Gasteiger charge is 2.51. The summed E-state index contributed by atoms with van der Waals surface area (Å²) in [7, 11) is 3.94. The maximum absolute atomic E-state index is 14.5. The molecule has 2 aliphatic carbocycles. The number of Topliss-reactive ketones (excluding diaryl/α,β-unsaturated/α-hetero) is 1. The molecule has 2 aromatic carbocycles. The number of carbonyl (C=O) groups excluding carboxylic acids is 1. The van der Waals surface area contributed by atoms with Crippen molar-refractivity contribution in [2.75, 3.05) is 27.2 Å². The summed E-state index contributed by atoms with van der Waals surface area (Å²) >= 11 is 0. The fourth-order valence-corrected chi connectivity index (χ4v) is 7.89. The molecule has 0 atom stereocenters. The van der Waals surface area contributed by atoms with Crippen molar-refractivity contribution in [3.8, 4) is 16.8 Å². The molecule has 0 amide bonds. The molecule has 0 radical (unpaired) electrons. The molecule has 3 fully saturated rings. The van der Waals surface area contributed by atoms with E-state index >= 15 is 0 Å². The van der Waals surface area contributed by atoms with Gasteiger partial charge in [0.2, 0.25) is 0 Å². The number of benzene rings is 2. The number of nitrogens with zero attached hydrogens (tertiary/aromatic N) is 5. The van der Waals surface area contributed by atoms with E-state index in [0.29, 0.717) is 30.7 Å². The van der Waals surface area contributed by atoms with Crippen molar-refractivity contribution in [1.82, 2.24) is 23.9 Å². The fraction of sp³-hybridized carbons (Fsp3) is 0.474. The molecule has 0 unspecified atom stereocenters. The predicted octanol–water partition coefficient (Wildman–Crippen LogP) is 6.12. The average molecular weight is 638 g/mol. The summed E-state index contributed by atoms with van der Waals surface area (Å²) in [6.45, 7) is 3.23. The number of pyridine rings is 1. The first kappa shape index (κ1) is 31.6. The van der Waals surface area contributed by atoms with Gasteiger partial charge in [-0.1, -0.05) is 42.8 Å². The van der Waals surface area contributed by atoms with E-state index in [0.717, 1.165) is 62.6 Å². The molecule has 3 heterocycles. The molecule has 0 N–H and O–H groups in total. The van der Waals surface area contributed by atoms with Crippen LogP contribution in [0.15, 0.2) is 70.4 Å². The van der Waals surface area contributed by atoms with Gasteiger partial charge in [0.25, 0.3) is 5.56 Å². The summed E-state index contributed by atoms with van der Waals surface area (Å²) in [5, 5.41) is 0.0797. The summed E-state index contributed by atoms with van der Waals surface area (Å²) in [6, 6.07) is 17.1. The molecule has 4 aromatic rings. The summed E-state index contributed by atoms with van der Waals surface area (Å²) in [5.41, 5.74) is 2.65. The lowest BCUT2D eigenvalue weighted by atomic mass is 9.81. The largest absolute Gasteiger partial charge is 0.337 e. The van der Waals surface area contributed by atoms with Gasteiger partial charge < -0.3 is 0 Å². The van der Waals surface area contributed by atoms with Crippen LogP contribution in [-0.4, -0.2) is 62.4 Å². The van der Waals surface area contributed by atoms with Gasteiger partial charge in [-0.05, 0) is 119 Å². The Labute approximate surface area is 274 Å². The number of carbonyl (C=O) groups is 1. The maximum Gasteiger partial charge on any atom is 0.337 e. The van der Waals surface area contributed by atoms with E-state index in [9.17, 15) is 18.8 Å². The second-order valence-corrected chi connectivity index (χ2v) is 14.1. The number of piperidine rings is 1. The minimum absolute atomic E-state index is 0.0797. The Kier molecular flexibility index (Phi) is 8.70. The van der Waals surface area contributed by atoms with E-state index in [1.165, 1.54) is 40.0 Å². The van der Waals surface area contributed by atoms with Gasteiger partial charge >= 0.3 is 5.69 Å². The number of hydrogen-bond donors (Lipinski definition) is 0. The Morgan fingerprint density at radius 1 is 0.936 bits per heavy atom. The molecule has 3 aliphatic rings. The van der Waals surface area contributed by atoms with Crippen LogP contribution in [0.4, 0.5) is 4.39 Å². The quantitative estimate of drug-likeness (QED) is 0.220. The Morgan fingerprint density at radius 2 is 1.66 bits per heavy atom. The maximum atomic E-state index is 14.5. The van der Waals surface area contributed by atoms with Crippen LogP contribution in [0.25, 0.3) is 27.8 Å². The molecule has 0 bridgehead atoms. The number of halogens is 1. The van der Waals surface area contributed by atoms with Gasteiger partial charge in [-0.3, -0.25) is 24.0 Å². The van der Waals surface area contributed by atoms with Crippen LogP contribution in [0.5, 0.6) is 0 Å². The van der Waals surface area contributed by atoms with Crippen molar-refractivity contribution in [3.05, 3.63) is 93.0 Å². The lowest BCUT2D eigenvalue weighted by Gasteiger charge is -2.31.